The number of nitrogen functional groups attached to an aromatic ring is 1. The highest BCUT2D eigenvalue weighted by atomic mass is 16.5. The summed E-state index contributed by atoms with van der Waals surface area (Å²) < 4.78 is 12.1. The second-order valence-corrected chi connectivity index (χ2v) is 5.03. The lowest BCUT2D eigenvalue weighted by Gasteiger charge is -2.36. The molecule has 1 unspecified atom stereocenters. The molecule has 10 heteroatoms. The Balaban J connectivity index is 2.04. The third-order valence-corrected chi connectivity index (χ3v) is 3.61. The van der Waals surface area contributed by atoms with Gasteiger partial charge in [-0.05, 0) is 0 Å². The van der Waals surface area contributed by atoms with Gasteiger partial charge in [0.25, 0.3) is 0 Å². The minimum Gasteiger partial charge on any atom is -0.479 e. The predicted molar refractivity (Wildman–Crippen MR) is 73.9 cm³/mol. The summed E-state index contributed by atoms with van der Waals surface area (Å²) in [5, 5.41) is 29.2. The second kappa shape index (κ2) is 5.65. The second-order valence-electron chi connectivity index (χ2n) is 5.03. The molecule has 0 radical (unpaired) electrons. The third kappa shape index (κ3) is 2.35. The van der Waals surface area contributed by atoms with Gasteiger partial charge in [0.1, 0.15) is 12.2 Å². The molecule has 1 fully saturated rings. The molecule has 0 aromatic carbocycles. The van der Waals surface area contributed by atoms with E-state index in [1.807, 2.05) is 0 Å². The standard InChI is InChI=1S/C12H17N5O5/c1-21-10-8-9(15-12(13)16-10)17(4-14-8)11-6(20)2-5(19)7(3-18)22-11/h4-7,11,18-20H,2-3H2,1H3,(H2,13,15,16)/t5-,6?,7-,11-/m1/s1. The molecule has 3 rings (SSSR count). The minimum absolute atomic E-state index is 0.00450. The van der Waals surface area contributed by atoms with Crippen LogP contribution in [0.2, 0.25) is 0 Å². The Hall–Kier alpha value is -2.01. The van der Waals surface area contributed by atoms with Gasteiger partial charge >= 0.3 is 0 Å². The number of hydrogen-bond acceptors (Lipinski definition) is 9. The van der Waals surface area contributed by atoms with Gasteiger partial charge in [0.15, 0.2) is 17.4 Å². The smallest absolute Gasteiger partial charge is 0.246 e. The molecular formula is C12H17N5O5. The van der Waals surface area contributed by atoms with Gasteiger partial charge in [-0.3, -0.25) is 4.57 Å². The zero-order chi connectivity index (χ0) is 15.9. The van der Waals surface area contributed by atoms with Crippen molar-refractivity contribution < 1.29 is 24.8 Å². The Bertz CT molecular complexity index is 677. The lowest BCUT2D eigenvalue weighted by Crippen LogP contribution is -2.46. The zero-order valence-electron chi connectivity index (χ0n) is 11.8. The van der Waals surface area contributed by atoms with Crippen LogP contribution < -0.4 is 10.5 Å². The minimum atomic E-state index is -0.989. The van der Waals surface area contributed by atoms with Gasteiger partial charge in [0, 0.05) is 6.42 Å². The van der Waals surface area contributed by atoms with Crippen LogP contribution in [0, 0.1) is 0 Å². The fraction of sp³-hybridized carbons (Fsp3) is 0.583. The maximum atomic E-state index is 10.2. The van der Waals surface area contributed by atoms with Gasteiger partial charge in [-0.25, -0.2) is 4.98 Å². The molecule has 2 aromatic rings. The van der Waals surface area contributed by atoms with E-state index in [1.54, 1.807) is 0 Å². The molecule has 1 aliphatic heterocycles. The maximum absolute atomic E-state index is 10.2. The molecule has 0 bridgehead atoms. The summed E-state index contributed by atoms with van der Waals surface area (Å²) in [6, 6.07) is 0. The van der Waals surface area contributed by atoms with Crippen LogP contribution in [0.15, 0.2) is 6.33 Å². The van der Waals surface area contributed by atoms with Crippen molar-refractivity contribution in [2.24, 2.45) is 0 Å². The van der Waals surface area contributed by atoms with Crippen LogP contribution in [-0.4, -0.2) is 66.9 Å². The monoisotopic (exact) mass is 311 g/mol. The zero-order valence-corrected chi connectivity index (χ0v) is 11.8. The quantitative estimate of drug-likeness (QED) is 0.526. The summed E-state index contributed by atoms with van der Waals surface area (Å²) in [7, 11) is 1.43. The number of hydrogen-bond donors (Lipinski definition) is 4. The average Bonchev–Trinajstić information content (AvgIpc) is 2.90. The molecule has 4 atom stereocenters. The van der Waals surface area contributed by atoms with Crippen molar-refractivity contribution in [1.82, 2.24) is 19.5 Å². The van der Waals surface area contributed by atoms with Crippen molar-refractivity contribution in [3.8, 4) is 5.88 Å². The lowest BCUT2D eigenvalue weighted by atomic mass is 10.0. The molecule has 1 saturated heterocycles. The molecule has 10 nitrogen and oxygen atoms in total. The SMILES string of the molecule is COc1nc(N)nc2c1ncn2[C@@H]1O[C@H](CO)[C@H](O)CC1O. The number of aliphatic hydroxyl groups excluding tert-OH is 3. The van der Waals surface area contributed by atoms with Gasteiger partial charge in [-0.15, -0.1) is 0 Å². The molecule has 0 spiro atoms. The summed E-state index contributed by atoms with van der Waals surface area (Å²) in [5.74, 6) is 0.209. The number of aromatic nitrogens is 4. The van der Waals surface area contributed by atoms with Crippen LogP contribution in [0.1, 0.15) is 12.6 Å². The number of nitrogens with zero attached hydrogens (tertiary/aromatic N) is 4. The Kier molecular flexibility index (Phi) is 3.83. The Morgan fingerprint density at radius 1 is 1.41 bits per heavy atom. The largest absolute Gasteiger partial charge is 0.479 e. The molecule has 2 aromatic heterocycles. The Morgan fingerprint density at radius 3 is 2.86 bits per heavy atom. The summed E-state index contributed by atoms with van der Waals surface area (Å²) in [4.78, 5) is 12.2. The van der Waals surface area contributed by atoms with Crippen LogP contribution in [-0.2, 0) is 4.74 Å². The van der Waals surface area contributed by atoms with E-state index >= 15 is 0 Å². The molecule has 0 amide bonds. The van der Waals surface area contributed by atoms with Gasteiger partial charge in [-0.2, -0.15) is 9.97 Å². The highest BCUT2D eigenvalue weighted by molar-refractivity contribution is 5.77. The van der Waals surface area contributed by atoms with E-state index in [-0.39, 0.29) is 24.9 Å². The molecule has 5 N–H and O–H groups in total. The first-order chi connectivity index (χ1) is 10.5. The highest BCUT2D eigenvalue weighted by Crippen LogP contribution is 2.31. The highest BCUT2D eigenvalue weighted by Gasteiger charge is 2.38. The summed E-state index contributed by atoms with van der Waals surface area (Å²) >= 11 is 0. The molecule has 0 aliphatic carbocycles. The summed E-state index contributed by atoms with van der Waals surface area (Å²) in [6.07, 6.45) is -2.11. The molecular weight excluding hydrogens is 294 g/mol. The third-order valence-electron chi connectivity index (χ3n) is 3.61. The van der Waals surface area contributed by atoms with Gasteiger partial charge in [0.2, 0.25) is 11.8 Å². The van der Waals surface area contributed by atoms with E-state index in [0.717, 1.165) is 0 Å². The van der Waals surface area contributed by atoms with Crippen molar-refractivity contribution in [2.45, 2.75) is 31.0 Å². The fourth-order valence-corrected chi connectivity index (χ4v) is 2.53. The van der Waals surface area contributed by atoms with Gasteiger partial charge in [0.05, 0.1) is 26.1 Å². The van der Waals surface area contributed by atoms with E-state index < -0.39 is 24.5 Å². The van der Waals surface area contributed by atoms with E-state index in [0.29, 0.717) is 11.2 Å². The van der Waals surface area contributed by atoms with Crippen molar-refractivity contribution in [3.63, 3.8) is 0 Å². The number of nitrogens with two attached hydrogens (primary N) is 1. The molecule has 22 heavy (non-hydrogen) atoms. The molecule has 120 valence electrons. The summed E-state index contributed by atoms with van der Waals surface area (Å²) in [5.41, 5.74) is 6.35. The van der Waals surface area contributed by atoms with Crippen molar-refractivity contribution in [1.29, 1.82) is 0 Å². The van der Waals surface area contributed by atoms with Crippen LogP contribution in [0.5, 0.6) is 5.88 Å². The van der Waals surface area contributed by atoms with Gasteiger partial charge in [-0.1, -0.05) is 0 Å². The topological polar surface area (TPSA) is 149 Å². The van der Waals surface area contributed by atoms with Crippen LogP contribution in [0.4, 0.5) is 5.95 Å². The Morgan fingerprint density at radius 2 is 2.18 bits per heavy atom. The number of imidazole rings is 1. The maximum Gasteiger partial charge on any atom is 0.246 e. The number of anilines is 1. The van der Waals surface area contributed by atoms with Crippen molar-refractivity contribution in [2.75, 3.05) is 19.5 Å². The molecule has 0 saturated carbocycles. The normalized spacial score (nSPS) is 28.9. The van der Waals surface area contributed by atoms with Crippen LogP contribution >= 0.6 is 0 Å². The first-order valence-electron chi connectivity index (χ1n) is 6.71. The predicted octanol–water partition coefficient (Wildman–Crippen LogP) is -1.58. The van der Waals surface area contributed by atoms with Crippen LogP contribution in [0.3, 0.4) is 0 Å². The van der Waals surface area contributed by atoms with E-state index in [9.17, 15) is 15.3 Å². The number of methoxy groups -OCH3 is 1. The number of aliphatic hydroxyl groups is 3. The van der Waals surface area contributed by atoms with E-state index in [4.69, 9.17) is 15.2 Å². The number of rotatable bonds is 3. The first kappa shape index (κ1) is 14.9. The molecule has 1 aliphatic rings. The number of fused-ring (bicyclic) bond motifs is 1. The lowest BCUT2D eigenvalue weighted by molar-refractivity contribution is -0.205. The number of ether oxygens (including phenoxy) is 2. The molecule has 3 heterocycles. The van der Waals surface area contributed by atoms with Crippen molar-refractivity contribution in [3.05, 3.63) is 6.33 Å². The van der Waals surface area contributed by atoms with Gasteiger partial charge < -0.3 is 30.5 Å². The van der Waals surface area contributed by atoms with Crippen LogP contribution in [0.25, 0.3) is 11.2 Å². The average molecular weight is 311 g/mol. The first-order valence-corrected chi connectivity index (χ1v) is 6.71. The van der Waals surface area contributed by atoms with E-state index in [2.05, 4.69) is 15.0 Å². The Labute approximate surface area is 125 Å². The summed E-state index contributed by atoms with van der Waals surface area (Å²) in [6.45, 7) is -0.364. The van der Waals surface area contributed by atoms with Crippen molar-refractivity contribution >= 4 is 17.1 Å². The van der Waals surface area contributed by atoms with E-state index in [1.165, 1.54) is 18.0 Å². The fourth-order valence-electron chi connectivity index (χ4n) is 2.53.